The van der Waals surface area contributed by atoms with E-state index in [2.05, 4.69) is 20.3 Å². The van der Waals surface area contributed by atoms with Gasteiger partial charge in [0.2, 0.25) is 11.7 Å². The zero-order valence-corrected chi connectivity index (χ0v) is 18.7. The summed E-state index contributed by atoms with van der Waals surface area (Å²) in [6.07, 6.45) is -1.28. The third-order valence-electron chi connectivity index (χ3n) is 4.16. The predicted octanol–water partition coefficient (Wildman–Crippen LogP) is -2.13. The number of carboxylic acids is 1. The minimum Gasteiger partial charge on any atom is -0.480 e. The van der Waals surface area contributed by atoms with Gasteiger partial charge >= 0.3 is 11.9 Å². The van der Waals surface area contributed by atoms with Crippen molar-refractivity contribution >= 4 is 29.5 Å². The quantitative estimate of drug-likeness (QED) is 0.0476. The Hall–Kier alpha value is -4.09. The second-order valence-corrected chi connectivity index (χ2v) is 7.01. The Morgan fingerprint density at radius 2 is 1.69 bits per heavy atom. The van der Waals surface area contributed by atoms with E-state index in [4.69, 9.17) is 15.6 Å². The van der Waals surface area contributed by atoms with Crippen LogP contribution in [0.3, 0.4) is 0 Å². The average Bonchev–Trinajstić information content (AvgIpc) is 2.77. The molecule has 0 spiro atoms. The molecule has 198 valence electrons. The number of ether oxygens (including phenoxy) is 1. The molecule has 0 aliphatic heterocycles. The van der Waals surface area contributed by atoms with Crippen molar-refractivity contribution in [3.05, 3.63) is 20.2 Å². The highest BCUT2D eigenvalue weighted by atomic mass is 17.0. The summed E-state index contributed by atoms with van der Waals surface area (Å²) >= 11 is 0. The number of carboxylic acid groups (broad SMARTS) is 1. The van der Waals surface area contributed by atoms with Crippen LogP contribution in [-0.4, -0.2) is 82.8 Å². The Bertz CT molecular complexity index is 790. The SMILES string of the molecule is CC(=O)C(=O)N[C@@H](CCCCNC(=O)CC[C@H](N)C(=O)O)C(=O)OC[C@H](CO[N+](=O)[O-])O[N+](=O)[O-]. The van der Waals surface area contributed by atoms with E-state index in [1.807, 2.05) is 0 Å². The lowest BCUT2D eigenvalue weighted by Gasteiger charge is -2.19. The molecule has 0 aromatic heterocycles. The summed E-state index contributed by atoms with van der Waals surface area (Å²) in [6.45, 7) is -0.628. The predicted molar refractivity (Wildman–Crippen MR) is 110 cm³/mol. The molecule has 0 saturated carbocycles. The molecule has 0 heterocycles. The fraction of sp³-hybridized carbons (Fsp3) is 0.706. The molecule has 35 heavy (non-hydrogen) atoms. The molecule has 0 radical (unpaired) electrons. The molecule has 0 bridgehead atoms. The van der Waals surface area contributed by atoms with Crippen molar-refractivity contribution in [1.82, 2.24) is 10.6 Å². The topological polar surface area (TPSA) is 270 Å². The van der Waals surface area contributed by atoms with Crippen LogP contribution in [0.1, 0.15) is 39.0 Å². The Kier molecular flexibility index (Phi) is 14.6. The lowest BCUT2D eigenvalue weighted by Crippen LogP contribution is -2.45. The molecule has 0 saturated heterocycles. The van der Waals surface area contributed by atoms with E-state index in [9.17, 15) is 44.2 Å². The normalized spacial score (nSPS) is 12.9. The number of rotatable bonds is 19. The number of hydrogen-bond donors (Lipinski definition) is 4. The number of nitrogens with zero attached hydrogens (tertiary/aromatic N) is 2. The highest BCUT2D eigenvalue weighted by Crippen LogP contribution is 2.06. The minimum atomic E-state index is -1.63. The van der Waals surface area contributed by atoms with Gasteiger partial charge in [-0.15, -0.1) is 20.2 Å². The van der Waals surface area contributed by atoms with E-state index in [1.165, 1.54) is 0 Å². The lowest BCUT2D eigenvalue weighted by atomic mass is 10.1. The monoisotopic (exact) mass is 509 g/mol. The molecule has 0 unspecified atom stereocenters. The maximum absolute atomic E-state index is 12.3. The van der Waals surface area contributed by atoms with Gasteiger partial charge in [-0.2, -0.15) is 0 Å². The van der Waals surface area contributed by atoms with Crippen molar-refractivity contribution in [1.29, 1.82) is 0 Å². The maximum Gasteiger partial charge on any atom is 0.328 e. The molecule has 0 aliphatic rings. The van der Waals surface area contributed by atoms with Crippen LogP contribution in [0.5, 0.6) is 0 Å². The van der Waals surface area contributed by atoms with Crippen LogP contribution in [-0.2, 0) is 38.4 Å². The highest BCUT2D eigenvalue weighted by Gasteiger charge is 2.26. The first-order chi connectivity index (χ1) is 16.3. The summed E-state index contributed by atoms with van der Waals surface area (Å²) in [6, 6.07) is -2.51. The summed E-state index contributed by atoms with van der Waals surface area (Å²) in [4.78, 5) is 86.3. The van der Waals surface area contributed by atoms with Crippen molar-refractivity contribution in [2.45, 2.75) is 57.2 Å². The van der Waals surface area contributed by atoms with Crippen LogP contribution >= 0.6 is 0 Å². The smallest absolute Gasteiger partial charge is 0.328 e. The van der Waals surface area contributed by atoms with E-state index in [-0.39, 0.29) is 32.2 Å². The molecule has 2 amide bonds. The Morgan fingerprint density at radius 1 is 1.03 bits per heavy atom. The van der Waals surface area contributed by atoms with Gasteiger partial charge in [-0.05, 0) is 25.7 Å². The number of carbonyl (C=O) groups is 5. The number of Topliss-reactive ketones (excluding diaryl/α,β-unsaturated/α-hetero) is 1. The second kappa shape index (κ2) is 16.5. The zero-order valence-electron chi connectivity index (χ0n) is 18.7. The number of nitrogens with two attached hydrogens (primary N) is 1. The van der Waals surface area contributed by atoms with Crippen molar-refractivity contribution in [3.63, 3.8) is 0 Å². The molecular formula is C17H27N5O13. The van der Waals surface area contributed by atoms with Gasteiger partial charge in [0.25, 0.3) is 16.1 Å². The number of amides is 2. The van der Waals surface area contributed by atoms with Crippen LogP contribution in [0, 0.1) is 20.2 Å². The molecule has 0 aliphatic carbocycles. The molecule has 0 rings (SSSR count). The molecule has 0 aromatic carbocycles. The van der Waals surface area contributed by atoms with Crippen LogP contribution in [0.25, 0.3) is 0 Å². The van der Waals surface area contributed by atoms with Gasteiger partial charge < -0.3 is 35.9 Å². The number of ketones is 1. The van der Waals surface area contributed by atoms with Crippen LogP contribution < -0.4 is 16.4 Å². The first kappa shape index (κ1) is 30.9. The number of esters is 1. The summed E-state index contributed by atoms with van der Waals surface area (Å²) in [5.74, 6) is -4.75. The fourth-order valence-electron chi connectivity index (χ4n) is 2.36. The number of aliphatic carboxylic acids is 1. The highest BCUT2D eigenvalue weighted by molar-refractivity contribution is 6.35. The average molecular weight is 509 g/mol. The van der Waals surface area contributed by atoms with Gasteiger partial charge in [0.05, 0.1) is 0 Å². The molecule has 3 atom stereocenters. The van der Waals surface area contributed by atoms with Gasteiger partial charge in [-0.1, -0.05) is 0 Å². The third kappa shape index (κ3) is 15.4. The number of carbonyl (C=O) groups excluding carboxylic acids is 4. The van der Waals surface area contributed by atoms with E-state index in [0.717, 1.165) is 6.92 Å². The standard InChI is InChI=1S/C17H27N5O13/c1-10(23)15(25)20-13(4-2-3-7-19-14(24)6-5-12(18)16(26)27)17(28)33-8-11(35-22(31)32)9-34-21(29)30/h11-13H,2-9,18H2,1H3,(H,19,24)(H,20,25)(H,26,27)/t11-,12+,13+/m1/s1. The van der Waals surface area contributed by atoms with Crippen LogP contribution in [0.15, 0.2) is 0 Å². The van der Waals surface area contributed by atoms with E-state index in [0.29, 0.717) is 6.42 Å². The summed E-state index contributed by atoms with van der Waals surface area (Å²) in [5, 5.41) is 31.6. The maximum atomic E-state index is 12.3. The minimum absolute atomic E-state index is 0.0518. The number of nitrogens with one attached hydrogen (secondary N) is 2. The van der Waals surface area contributed by atoms with Crippen LogP contribution in [0.2, 0.25) is 0 Å². The molecule has 18 nitrogen and oxygen atoms in total. The largest absolute Gasteiger partial charge is 0.480 e. The number of hydrogen-bond acceptors (Lipinski definition) is 13. The lowest BCUT2D eigenvalue weighted by molar-refractivity contribution is -0.790. The van der Waals surface area contributed by atoms with Gasteiger partial charge in [-0.25, -0.2) is 4.79 Å². The first-order valence-corrected chi connectivity index (χ1v) is 10.1. The zero-order chi connectivity index (χ0) is 27.0. The number of unbranched alkanes of at least 4 members (excludes halogenated alkanes) is 1. The molecule has 0 fully saturated rings. The van der Waals surface area contributed by atoms with Crippen molar-refractivity contribution in [2.24, 2.45) is 5.73 Å². The van der Waals surface area contributed by atoms with Crippen molar-refractivity contribution in [2.75, 3.05) is 19.8 Å². The summed E-state index contributed by atoms with van der Waals surface area (Å²) in [5.41, 5.74) is 5.30. The first-order valence-electron chi connectivity index (χ1n) is 10.1. The third-order valence-corrected chi connectivity index (χ3v) is 4.16. The fourth-order valence-corrected chi connectivity index (χ4v) is 2.36. The molecule has 5 N–H and O–H groups in total. The molecule has 0 aromatic rings. The van der Waals surface area contributed by atoms with Gasteiger partial charge in [0.15, 0.2) is 6.10 Å². The van der Waals surface area contributed by atoms with E-state index >= 15 is 0 Å². The van der Waals surface area contributed by atoms with Crippen molar-refractivity contribution in [3.8, 4) is 0 Å². The Morgan fingerprint density at radius 3 is 2.23 bits per heavy atom. The van der Waals surface area contributed by atoms with Crippen molar-refractivity contribution < 1.29 is 53.7 Å². The van der Waals surface area contributed by atoms with Gasteiger partial charge in [0, 0.05) is 19.9 Å². The Balaban J connectivity index is 4.72. The van der Waals surface area contributed by atoms with Gasteiger partial charge in [0.1, 0.15) is 25.3 Å². The van der Waals surface area contributed by atoms with E-state index in [1.54, 1.807) is 0 Å². The van der Waals surface area contributed by atoms with Gasteiger partial charge in [-0.3, -0.25) is 19.2 Å². The molecular weight excluding hydrogens is 482 g/mol. The molecule has 18 heteroatoms. The van der Waals surface area contributed by atoms with Crippen LogP contribution in [0.4, 0.5) is 0 Å². The Labute approximate surface area is 197 Å². The summed E-state index contributed by atoms with van der Waals surface area (Å²) < 4.78 is 4.82. The second-order valence-electron chi connectivity index (χ2n) is 7.01. The van der Waals surface area contributed by atoms with E-state index < -0.39 is 71.1 Å². The summed E-state index contributed by atoms with van der Waals surface area (Å²) in [7, 11) is 0.